The maximum Gasteiger partial charge on any atom is 0.127 e. The molecular formula is C15H13Br2ClFN. The van der Waals surface area contributed by atoms with Gasteiger partial charge in [0.05, 0.1) is 0 Å². The second kappa shape index (κ2) is 6.56. The maximum absolute atomic E-state index is 13.8. The van der Waals surface area contributed by atoms with Gasteiger partial charge >= 0.3 is 0 Å². The molecule has 0 aliphatic rings. The van der Waals surface area contributed by atoms with Gasteiger partial charge in [0.25, 0.3) is 0 Å². The van der Waals surface area contributed by atoms with Crippen molar-refractivity contribution in [1.29, 1.82) is 0 Å². The standard InChI is InChI=1S/C15H13Br2ClFN/c1-8-5-12(17)9(6-11(8)16)15(20)7-10-13(18)3-2-4-14(10)19/h2-6,15H,7,20H2,1H3. The monoisotopic (exact) mass is 419 g/mol. The van der Waals surface area contributed by atoms with Gasteiger partial charge in [-0.3, -0.25) is 0 Å². The summed E-state index contributed by atoms with van der Waals surface area (Å²) < 4.78 is 15.7. The minimum absolute atomic E-state index is 0.324. The molecule has 0 fully saturated rings. The highest BCUT2D eigenvalue weighted by Crippen LogP contribution is 2.32. The van der Waals surface area contributed by atoms with Crippen LogP contribution in [-0.2, 0) is 6.42 Å². The fourth-order valence-electron chi connectivity index (χ4n) is 2.00. The summed E-state index contributed by atoms with van der Waals surface area (Å²) in [6, 6.07) is 8.27. The van der Waals surface area contributed by atoms with E-state index in [0.717, 1.165) is 20.1 Å². The number of hydrogen-bond acceptors (Lipinski definition) is 1. The Labute approximate surface area is 139 Å². The van der Waals surface area contributed by atoms with E-state index >= 15 is 0 Å². The summed E-state index contributed by atoms with van der Waals surface area (Å²) in [6.45, 7) is 2.00. The Morgan fingerprint density at radius 2 is 1.95 bits per heavy atom. The molecule has 0 saturated heterocycles. The van der Waals surface area contributed by atoms with Crippen LogP contribution in [0.25, 0.3) is 0 Å². The van der Waals surface area contributed by atoms with Gasteiger partial charge in [0.2, 0.25) is 0 Å². The molecule has 0 spiro atoms. The van der Waals surface area contributed by atoms with E-state index in [2.05, 4.69) is 31.9 Å². The van der Waals surface area contributed by atoms with Crippen LogP contribution in [0.1, 0.15) is 22.7 Å². The summed E-state index contributed by atoms with van der Waals surface area (Å²) >= 11 is 13.0. The highest BCUT2D eigenvalue weighted by molar-refractivity contribution is 9.11. The SMILES string of the molecule is Cc1cc(Br)c(C(N)Cc2c(F)cccc2Cl)cc1Br. The molecule has 5 heteroatoms. The Bertz CT molecular complexity index is 626. The van der Waals surface area contributed by atoms with E-state index in [4.69, 9.17) is 17.3 Å². The predicted octanol–water partition coefficient (Wildman–Crippen LogP) is 5.56. The van der Waals surface area contributed by atoms with Crippen molar-refractivity contribution in [2.45, 2.75) is 19.4 Å². The second-order valence-electron chi connectivity index (χ2n) is 4.63. The first-order valence-corrected chi connectivity index (χ1v) is 8.00. The van der Waals surface area contributed by atoms with Gasteiger partial charge in [-0.05, 0) is 48.7 Å². The van der Waals surface area contributed by atoms with E-state index in [-0.39, 0.29) is 11.9 Å². The van der Waals surface area contributed by atoms with Crippen LogP contribution in [0, 0.1) is 12.7 Å². The lowest BCUT2D eigenvalue weighted by Gasteiger charge is -2.17. The molecule has 106 valence electrons. The van der Waals surface area contributed by atoms with Crippen LogP contribution in [0.15, 0.2) is 39.3 Å². The van der Waals surface area contributed by atoms with Crippen molar-refractivity contribution >= 4 is 43.5 Å². The molecular weight excluding hydrogens is 408 g/mol. The van der Waals surface area contributed by atoms with Gasteiger partial charge in [-0.2, -0.15) is 0 Å². The smallest absolute Gasteiger partial charge is 0.127 e. The van der Waals surface area contributed by atoms with Crippen LogP contribution in [0.5, 0.6) is 0 Å². The number of benzene rings is 2. The van der Waals surface area contributed by atoms with Gasteiger partial charge in [0, 0.05) is 25.6 Å². The quantitative estimate of drug-likeness (QED) is 0.690. The third-order valence-electron chi connectivity index (χ3n) is 3.16. The summed E-state index contributed by atoms with van der Waals surface area (Å²) in [5, 5.41) is 0.405. The largest absolute Gasteiger partial charge is 0.324 e. The van der Waals surface area contributed by atoms with Gasteiger partial charge in [0.15, 0.2) is 0 Å². The maximum atomic E-state index is 13.8. The summed E-state index contributed by atoms with van der Waals surface area (Å²) in [7, 11) is 0. The van der Waals surface area contributed by atoms with Crippen molar-refractivity contribution in [2.24, 2.45) is 5.73 Å². The number of aryl methyl sites for hydroxylation is 1. The van der Waals surface area contributed by atoms with E-state index in [1.54, 1.807) is 12.1 Å². The fourth-order valence-corrected chi connectivity index (χ4v) is 3.36. The molecule has 0 radical (unpaired) electrons. The van der Waals surface area contributed by atoms with Crippen LogP contribution in [0.2, 0.25) is 5.02 Å². The van der Waals surface area contributed by atoms with Crippen LogP contribution < -0.4 is 5.73 Å². The lowest BCUT2D eigenvalue weighted by Crippen LogP contribution is -2.15. The predicted molar refractivity (Wildman–Crippen MR) is 88.6 cm³/mol. The van der Waals surface area contributed by atoms with E-state index in [0.29, 0.717) is 17.0 Å². The molecule has 1 nitrogen and oxygen atoms in total. The van der Waals surface area contributed by atoms with Gasteiger partial charge in [0.1, 0.15) is 5.82 Å². The van der Waals surface area contributed by atoms with Crippen molar-refractivity contribution in [3.63, 3.8) is 0 Å². The zero-order chi connectivity index (χ0) is 14.9. The lowest BCUT2D eigenvalue weighted by molar-refractivity contribution is 0.593. The van der Waals surface area contributed by atoms with Gasteiger partial charge < -0.3 is 5.73 Å². The molecule has 0 aromatic heterocycles. The third-order valence-corrected chi connectivity index (χ3v) is 5.06. The molecule has 0 saturated carbocycles. The van der Waals surface area contributed by atoms with Crippen LogP contribution >= 0.6 is 43.5 Å². The van der Waals surface area contributed by atoms with Crippen molar-refractivity contribution in [1.82, 2.24) is 0 Å². The van der Waals surface area contributed by atoms with Crippen LogP contribution in [-0.4, -0.2) is 0 Å². The molecule has 0 bridgehead atoms. The summed E-state index contributed by atoms with van der Waals surface area (Å²) in [5.41, 5.74) is 8.68. The molecule has 2 rings (SSSR count). The number of rotatable bonds is 3. The minimum atomic E-state index is -0.337. The van der Waals surface area contributed by atoms with E-state index < -0.39 is 0 Å². The van der Waals surface area contributed by atoms with Crippen molar-refractivity contribution in [3.05, 3.63) is 66.8 Å². The van der Waals surface area contributed by atoms with E-state index in [1.165, 1.54) is 6.07 Å². The molecule has 0 aliphatic heterocycles. The van der Waals surface area contributed by atoms with E-state index in [9.17, 15) is 4.39 Å². The average Bonchev–Trinajstić information content (AvgIpc) is 2.38. The molecule has 0 amide bonds. The van der Waals surface area contributed by atoms with Gasteiger partial charge in [-0.25, -0.2) is 4.39 Å². The Morgan fingerprint density at radius 3 is 2.60 bits per heavy atom. The topological polar surface area (TPSA) is 26.0 Å². The molecule has 1 unspecified atom stereocenters. The van der Waals surface area contributed by atoms with Gasteiger partial charge in [-0.1, -0.05) is 49.5 Å². The zero-order valence-electron chi connectivity index (χ0n) is 10.8. The summed E-state index contributed by atoms with van der Waals surface area (Å²) in [6.07, 6.45) is 0.347. The molecule has 2 aromatic carbocycles. The zero-order valence-corrected chi connectivity index (χ0v) is 14.7. The average molecular weight is 422 g/mol. The Hall–Kier alpha value is -0.420. The molecule has 0 heterocycles. The molecule has 20 heavy (non-hydrogen) atoms. The number of hydrogen-bond donors (Lipinski definition) is 1. The minimum Gasteiger partial charge on any atom is -0.324 e. The van der Waals surface area contributed by atoms with Gasteiger partial charge in [-0.15, -0.1) is 0 Å². The highest BCUT2D eigenvalue weighted by atomic mass is 79.9. The molecule has 0 aliphatic carbocycles. The van der Waals surface area contributed by atoms with E-state index in [1.807, 2.05) is 19.1 Å². The molecule has 2 N–H and O–H groups in total. The number of halogens is 4. The van der Waals surface area contributed by atoms with Crippen molar-refractivity contribution in [2.75, 3.05) is 0 Å². The Morgan fingerprint density at radius 1 is 1.25 bits per heavy atom. The molecule has 2 aromatic rings. The number of nitrogens with two attached hydrogens (primary N) is 1. The van der Waals surface area contributed by atoms with Crippen LogP contribution in [0.3, 0.4) is 0 Å². The van der Waals surface area contributed by atoms with Crippen LogP contribution in [0.4, 0.5) is 4.39 Å². The first-order chi connectivity index (χ1) is 9.40. The third kappa shape index (κ3) is 3.42. The summed E-state index contributed by atoms with van der Waals surface area (Å²) in [4.78, 5) is 0. The first-order valence-electron chi connectivity index (χ1n) is 6.04. The Kier molecular flexibility index (Phi) is 5.24. The lowest BCUT2D eigenvalue weighted by atomic mass is 9.98. The second-order valence-corrected chi connectivity index (χ2v) is 6.75. The Balaban J connectivity index is 2.33. The first kappa shape index (κ1) is 16.0. The normalized spacial score (nSPS) is 12.5. The highest BCUT2D eigenvalue weighted by Gasteiger charge is 2.16. The van der Waals surface area contributed by atoms with Crippen molar-refractivity contribution < 1.29 is 4.39 Å². The summed E-state index contributed by atoms with van der Waals surface area (Å²) in [5.74, 6) is -0.324. The molecule has 1 atom stereocenters. The fraction of sp³-hybridized carbons (Fsp3) is 0.200. The van der Waals surface area contributed by atoms with Crippen molar-refractivity contribution in [3.8, 4) is 0 Å².